The quantitative estimate of drug-likeness (QED) is 0.926. The normalized spacial score (nSPS) is 11.9. The maximum Gasteiger partial charge on any atom is 0.407 e. The highest BCUT2D eigenvalue weighted by Gasteiger charge is 2.13. The first-order valence-corrected chi connectivity index (χ1v) is 7.50. The second-order valence-corrected chi connectivity index (χ2v) is 6.41. The van der Waals surface area contributed by atoms with Gasteiger partial charge in [-0.05, 0) is 38.5 Å². The molecule has 0 radical (unpaired) electrons. The van der Waals surface area contributed by atoms with E-state index in [-0.39, 0.29) is 12.1 Å². The summed E-state index contributed by atoms with van der Waals surface area (Å²) in [7, 11) is 1.58. The average molecular weight is 338 g/mol. The molecule has 2 aromatic heterocycles. The average Bonchev–Trinajstić information content (AvgIpc) is 2.82. The molecule has 0 unspecified atom stereocenters. The number of pyridine rings is 1. The van der Waals surface area contributed by atoms with Crippen LogP contribution in [0.3, 0.4) is 0 Å². The van der Waals surface area contributed by atoms with Crippen LogP contribution >= 0.6 is 11.6 Å². The van der Waals surface area contributed by atoms with Gasteiger partial charge in [0.1, 0.15) is 17.9 Å². The van der Waals surface area contributed by atoms with E-state index in [1.54, 1.807) is 23.9 Å². The van der Waals surface area contributed by atoms with Gasteiger partial charge in [-0.2, -0.15) is 5.10 Å². The zero-order chi connectivity index (χ0) is 17.0. The number of carbonyl (C=O) groups is 1. The van der Waals surface area contributed by atoms with Gasteiger partial charge in [-0.25, -0.2) is 9.31 Å². The van der Waals surface area contributed by atoms with E-state index in [0.717, 1.165) is 5.56 Å². The van der Waals surface area contributed by atoms with Crippen LogP contribution in [0, 0.1) is 0 Å². The van der Waals surface area contributed by atoms with E-state index in [1.165, 1.54) is 0 Å². The number of carbonyl (C=O) groups excluding carboxylic acids is 1. The van der Waals surface area contributed by atoms with Gasteiger partial charge in [0.05, 0.1) is 18.3 Å². The minimum absolute atomic E-state index is 0.169. The first-order chi connectivity index (χ1) is 10.8. The number of ether oxygens (including phenoxy) is 2. The number of fused-ring (bicyclic) bond motifs is 1. The van der Waals surface area contributed by atoms with Gasteiger partial charge in [0.15, 0.2) is 0 Å². The third-order valence-electron chi connectivity index (χ3n) is 2.87. The van der Waals surface area contributed by atoms with E-state index in [4.69, 9.17) is 21.1 Å². The molecule has 0 aliphatic carbocycles. The van der Waals surface area contributed by atoms with Crippen molar-refractivity contribution in [1.29, 1.82) is 0 Å². The molecule has 2 heterocycles. The second-order valence-electron chi connectivity index (χ2n) is 6.00. The lowest BCUT2D eigenvalue weighted by atomic mass is 10.1. The largest absolute Gasteiger partial charge is 0.494 e. The number of nitrogens with zero attached hydrogens (tertiary/aromatic N) is 2. The van der Waals surface area contributed by atoms with Crippen LogP contribution in [-0.4, -0.2) is 35.0 Å². The number of amides is 1. The van der Waals surface area contributed by atoms with Crippen molar-refractivity contribution in [3.8, 4) is 5.75 Å². The zero-order valence-corrected chi connectivity index (χ0v) is 14.3. The van der Waals surface area contributed by atoms with Crippen LogP contribution in [0.15, 0.2) is 24.5 Å². The van der Waals surface area contributed by atoms with Crippen LogP contribution < -0.4 is 10.1 Å². The third-order valence-corrected chi connectivity index (χ3v) is 3.15. The van der Waals surface area contributed by atoms with Gasteiger partial charge in [-0.1, -0.05) is 17.7 Å². The van der Waals surface area contributed by atoms with Crippen molar-refractivity contribution in [3.63, 3.8) is 0 Å². The lowest BCUT2D eigenvalue weighted by Crippen LogP contribution is -2.40. The van der Waals surface area contributed by atoms with Gasteiger partial charge in [0.2, 0.25) is 0 Å². The van der Waals surface area contributed by atoms with Crippen molar-refractivity contribution >= 4 is 29.3 Å². The molecule has 0 saturated heterocycles. The minimum atomic E-state index is -0.450. The van der Waals surface area contributed by atoms with Crippen molar-refractivity contribution in [2.75, 3.05) is 13.7 Å². The summed E-state index contributed by atoms with van der Waals surface area (Å²) >= 11 is 6.08. The van der Waals surface area contributed by atoms with E-state index in [1.807, 2.05) is 39.1 Å². The fraction of sp³-hybridized carbons (Fsp3) is 0.375. The molecule has 23 heavy (non-hydrogen) atoms. The van der Waals surface area contributed by atoms with E-state index < -0.39 is 6.09 Å². The van der Waals surface area contributed by atoms with Crippen LogP contribution in [0.2, 0.25) is 5.02 Å². The van der Waals surface area contributed by atoms with Crippen molar-refractivity contribution in [2.45, 2.75) is 26.3 Å². The molecule has 0 aliphatic heterocycles. The standard InChI is InChI=1S/C16H20ClN3O3/c1-16(2,3)19-15(21)23-7-5-6-11-8-13(22-4)14-12(17)9-18-20(14)10-11/h5-6,8-10H,7H2,1-4H3,(H,19,21). The smallest absolute Gasteiger partial charge is 0.407 e. The van der Waals surface area contributed by atoms with Crippen LogP contribution in [0.1, 0.15) is 26.3 Å². The second kappa shape index (κ2) is 6.91. The summed E-state index contributed by atoms with van der Waals surface area (Å²) in [5, 5.41) is 7.41. The Morgan fingerprint density at radius 3 is 2.87 bits per heavy atom. The monoisotopic (exact) mass is 337 g/mol. The fourth-order valence-corrected chi connectivity index (χ4v) is 2.19. The van der Waals surface area contributed by atoms with Crippen molar-refractivity contribution in [2.24, 2.45) is 0 Å². The van der Waals surface area contributed by atoms with Crippen molar-refractivity contribution in [1.82, 2.24) is 14.9 Å². The molecular weight excluding hydrogens is 318 g/mol. The van der Waals surface area contributed by atoms with Crippen LogP contribution in [0.5, 0.6) is 5.75 Å². The number of alkyl carbamates (subject to hydrolysis) is 1. The highest BCUT2D eigenvalue weighted by molar-refractivity contribution is 6.34. The van der Waals surface area contributed by atoms with E-state index in [0.29, 0.717) is 16.3 Å². The lowest BCUT2D eigenvalue weighted by Gasteiger charge is -2.19. The lowest BCUT2D eigenvalue weighted by molar-refractivity contribution is 0.149. The summed E-state index contributed by atoms with van der Waals surface area (Å²) < 4.78 is 12.1. The molecule has 0 aromatic carbocycles. The molecule has 7 heteroatoms. The van der Waals surface area contributed by atoms with Gasteiger partial charge in [0, 0.05) is 11.7 Å². The van der Waals surface area contributed by atoms with Gasteiger partial charge in [-0.3, -0.25) is 0 Å². The summed E-state index contributed by atoms with van der Waals surface area (Å²) in [5.41, 5.74) is 1.25. The number of aromatic nitrogens is 2. The van der Waals surface area contributed by atoms with Crippen LogP contribution in [-0.2, 0) is 4.74 Å². The molecule has 1 N–H and O–H groups in total. The van der Waals surface area contributed by atoms with E-state index >= 15 is 0 Å². The summed E-state index contributed by atoms with van der Waals surface area (Å²) in [6, 6.07) is 1.84. The first-order valence-electron chi connectivity index (χ1n) is 7.12. The van der Waals surface area contributed by atoms with Gasteiger partial charge < -0.3 is 14.8 Å². The maximum absolute atomic E-state index is 11.5. The molecule has 1 amide bonds. The Balaban J connectivity index is 2.03. The number of methoxy groups -OCH3 is 1. The molecule has 0 aliphatic rings. The minimum Gasteiger partial charge on any atom is -0.494 e. The molecule has 0 spiro atoms. The molecule has 0 atom stereocenters. The van der Waals surface area contributed by atoms with Gasteiger partial charge in [-0.15, -0.1) is 0 Å². The molecule has 124 valence electrons. The summed E-state index contributed by atoms with van der Waals surface area (Å²) in [5.74, 6) is 0.626. The molecule has 0 fully saturated rings. The molecule has 0 saturated carbocycles. The Hall–Kier alpha value is -2.21. The topological polar surface area (TPSA) is 64.9 Å². The SMILES string of the molecule is COc1cc(C=CCOC(=O)NC(C)(C)C)cn2ncc(Cl)c12. The summed E-state index contributed by atoms with van der Waals surface area (Å²) in [6.07, 6.45) is 6.49. The summed E-state index contributed by atoms with van der Waals surface area (Å²) in [6.45, 7) is 5.84. The summed E-state index contributed by atoms with van der Waals surface area (Å²) in [4.78, 5) is 11.5. The Bertz CT molecular complexity index is 732. The number of hydrogen-bond donors (Lipinski definition) is 1. The predicted molar refractivity (Wildman–Crippen MR) is 90.0 cm³/mol. The Morgan fingerprint density at radius 2 is 2.22 bits per heavy atom. The maximum atomic E-state index is 11.5. The number of rotatable bonds is 4. The van der Waals surface area contributed by atoms with Crippen molar-refractivity contribution in [3.05, 3.63) is 35.1 Å². The Labute approximate surface area is 140 Å². The van der Waals surface area contributed by atoms with Crippen LogP contribution in [0.25, 0.3) is 11.6 Å². The zero-order valence-electron chi connectivity index (χ0n) is 13.6. The van der Waals surface area contributed by atoms with Gasteiger partial charge >= 0.3 is 6.09 Å². The number of nitrogens with one attached hydrogen (secondary N) is 1. The van der Waals surface area contributed by atoms with E-state index in [2.05, 4.69) is 10.4 Å². The Morgan fingerprint density at radius 1 is 1.48 bits per heavy atom. The Kier molecular flexibility index (Phi) is 5.15. The fourth-order valence-electron chi connectivity index (χ4n) is 1.96. The number of hydrogen-bond acceptors (Lipinski definition) is 4. The predicted octanol–water partition coefficient (Wildman–Crippen LogP) is 3.53. The number of halogens is 1. The van der Waals surface area contributed by atoms with Crippen LogP contribution in [0.4, 0.5) is 4.79 Å². The molecule has 6 nitrogen and oxygen atoms in total. The van der Waals surface area contributed by atoms with Crippen molar-refractivity contribution < 1.29 is 14.3 Å². The highest BCUT2D eigenvalue weighted by Crippen LogP contribution is 2.28. The third kappa shape index (κ3) is 4.63. The molecule has 2 aromatic rings. The molecular formula is C16H20ClN3O3. The van der Waals surface area contributed by atoms with Gasteiger partial charge in [0.25, 0.3) is 0 Å². The molecule has 0 bridgehead atoms. The highest BCUT2D eigenvalue weighted by atomic mass is 35.5. The first kappa shape index (κ1) is 17.1. The molecule has 2 rings (SSSR count). The van der Waals surface area contributed by atoms with E-state index in [9.17, 15) is 4.79 Å².